The quantitative estimate of drug-likeness (QED) is 0.780. The molecule has 0 heterocycles. The summed E-state index contributed by atoms with van der Waals surface area (Å²) in [5.74, 6) is -0.0598. The lowest BCUT2D eigenvalue weighted by molar-refractivity contribution is -0.157. The maximum absolute atomic E-state index is 12.0. The summed E-state index contributed by atoms with van der Waals surface area (Å²) in [6.07, 6.45) is 3.00. The molecule has 1 aliphatic rings. The minimum absolute atomic E-state index is 0.0598. The highest BCUT2D eigenvalue weighted by molar-refractivity contribution is 5.78. The Morgan fingerprint density at radius 1 is 1.37 bits per heavy atom. The lowest BCUT2D eigenvalue weighted by atomic mass is 9.68. The summed E-state index contributed by atoms with van der Waals surface area (Å²) >= 11 is 0. The molecule has 0 unspecified atom stereocenters. The number of benzene rings is 1. The van der Waals surface area contributed by atoms with E-state index in [0.717, 1.165) is 25.8 Å². The molecule has 0 aliphatic heterocycles. The van der Waals surface area contributed by atoms with Gasteiger partial charge in [-0.05, 0) is 38.3 Å². The van der Waals surface area contributed by atoms with Gasteiger partial charge in [-0.1, -0.05) is 24.1 Å². The van der Waals surface area contributed by atoms with E-state index in [1.54, 1.807) is 0 Å². The van der Waals surface area contributed by atoms with Crippen molar-refractivity contribution in [2.75, 3.05) is 25.6 Å². The van der Waals surface area contributed by atoms with Crippen LogP contribution in [0.15, 0.2) is 18.2 Å². The maximum atomic E-state index is 12.0. The molecule has 0 aromatic heterocycles. The first-order valence-electron chi connectivity index (χ1n) is 6.85. The molecule has 2 rings (SSSR count). The van der Waals surface area contributed by atoms with E-state index >= 15 is 0 Å². The molecule has 104 valence electrons. The number of anilines is 1. The van der Waals surface area contributed by atoms with Gasteiger partial charge in [0.05, 0.1) is 12.5 Å². The fourth-order valence-corrected chi connectivity index (χ4v) is 3.02. The standard InChI is InChI=1S/C16H23NO2/c1-12-6-7-14(13(2)10-12)17(3)11-16(8-5-9-16)15(18)19-4/h6-7,10H,5,8-9,11H2,1-4H3. The molecule has 0 radical (unpaired) electrons. The van der Waals surface area contributed by atoms with Gasteiger partial charge in [0.15, 0.2) is 0 Å². The minimum atomic E-state index is -0.291. The predicted octanol–water partition coefficient (Wildman–Crippen LogP) is 3.08. The molecule has 3 heteroatoms. The lowest BCUT2D eigenvalue weighted by Crippen LogP contribution is -2.47. The van der Waals surface area contributed by atoms with Crippen LogP contribution in [-0.4, -0.2) is 26.7 Å². The number of methoxy groups -OCH3 is 1. The summed E-state index contributed by atoms with van der Waals surface area (Å²) in [5.41, 5.74) is 3.42. The Balaban J connectivity index is 2.16. The summed E-state index contributed by atoms with van der Waals surface area (Å²) in [6.45, 7) is 4.95. The Morgan fingerprint density at radius 3 is 2.53 bits per heavy atom. The highest BCUT2D eigenvalue weighted by Crippen LogP contribution is 2.43. The van der Waals surface area contributed by atoms with Crippen LogP contribution in [0.2, 0.25) is 0 Å². The second-order valence-corrected chi connectivity index (χ2v) is 5.77. The molecular formula is C16H23NO2. The van der Waals surface area contributed by atoms with Crippen molar-refractivity contribution >= 4 is 11.7 Å². The third-order valence-corrected chi connectivity index (χ3v) is 4.23. The van der Waals surface area contributed by atoms with Crippen molar-refractivity contribution in [3.8, 4) is 0 Å². The van der Waals surface area contributed by atoms with Gasteiger partial charge in [0, 0.05) is 19.3 Å². The molecule has 1 aromatic rings. The van der Waals surface area contributed by atoms with E-state index in [2.05, 4.69) is 44.0 Å². The molecule has 1 fully saturated rings. The summed E-state index contributed by atoms with van der Waals surface area (Å²) in [5, 5.41) is 0. The molecule has 0 atom stereocenters. The second kappa shape index (κ2) is 5.24. The van der Waals surface area contributed by atoms with Crippen LogP contribution in [0, 0.1) is 19.3 Å². The molecular weight excluding hydrogens is 238 g/mol. The number of carbonyl (C=O) groups excluding carboxylic acids is 1. The van der Waals surface area contributed by atoms with Crippen molar-refractivity contribution in [3.63, 3.8) is 0 Å². The predicted molar refractivity (Wildman–Crippen MR) is 77.5 cm³/mol. The third kappa shape index (κ3) is 2.60. The Labute approximate surface area is 115 Å². The van der Waals surface area contributed by atoms with E-state index in [9.17, 15) is 4.79 Å². The number of ether oxygens (including phenoxy) is 1. The van der Waals surface area contributed by atoms with Crippen LogP contribution in [0.4, 0.5) is 5.69 Å². The zero-order valence-electron chi connectivity index (χ0n) is 12.3. The van der Waals surface area contributed by atoms with Crippen LogP contribution >= 0.6 is 0 Å². The van der Waals surface area contributed by atoms with E-state index in [0.29, 0.717) is 0 Å². The van der Waals surface area contributed by atoms with Gasteiger partial charge in [0.1, 0.15) is 0 Å². The molecule has 0 N–H and O–H groups in total. The van der Waals surface area contributed by atoms with Crippen molar-refractivity contribution in [1.82, 2.24) is 0 Å². The Morgan fingerprint density at radius 2 is 2.05 bits per heavy atom. The SMILES string of the molecule is COC(=O)C1(CN(C)c2ccc(C)cc2C)CCC1. The number of esters is 1. The van der Waals surface area contributed by atoms with E-state index in [4.69, 9.17) is 4.74 Å². The molecule has 19 heavy (non-hydrogen) atoms. The van der Waals surface area contributed by atoms with Gasteiger partial charge >= 0.3 is 5.97 Å². The van der Waals surface area contributed by atoms with Crippen LogP contribution in [0.3, 0.4) is 0 Å². The summed E-state index contributed by atoms with van der Waals surface area (Å²) in [4.78, 5) is 14.2. The molecule has 1 saturated carbocycles. The van der Waals surface area contributed by atoms with Crippen LogP contribution in [0.5, 0.6) is 0 Å². The zero-order chi connectivity index (χ0) is 14.0. The van der Waals surface area contributed by atoms with E-state index in [1.165, 1.54) is 23.9 Å². The minimum Gasteiger partial charge on any atom is -0.469 e. The second-order valence-electron chi connectivity index (χ2n) is 5.77. The maximum Gasteiger partial charge on any atom is 0.313 e. The molecule has 0 spiro atoms. The average molecular weight is 261 g/mol. The molecule has 1 aromatic carbocycles. The normalized spacial score (nSPS) is 16.6. The van der Waals surface area contributed by atoms with E-state index < -0.39 is 0 Å². The largest absolute Gasteiger partial charge is 0.469 e. The number of aryl methyl sites for hydroxylation is 2. The smallest absolute Gasteiger partial charge is 0.313 e. The first-order valence-corrected chi connectivity index (χ1v) is 6.85. The van der Waals surface area contributed by atoms with Crippen molar-refractivity contribution < 1.29 is 9.53 Å². The van der Waals surface area contributed by atoms with E-state index in [-0.39, 0.29) is 11.4 Å². The Hall–Kier alpha value is -1.51. The molecule has 3 nitrogen and oxygen atoms in total. The first-order chi connectivity index (χ1) is 8.98. The summed E-state index contributed by atoms with van der Waals surface area (Å²) in [7, 11) is 3.54. The number of hydrogen-bond acceptors (Lipinski definition) is 3. The zero-order valence-corrected chi connectivity index (χ0v) is 12.3. The lowest BCUT2D eigenvalue weighted by Gasteiger charge is -2.42. The van der Waals surface area contributed by atoms with Gasteiger partial charge in [-0.15, -0.1) is 0 Å². The highest BCUT2D eigenvalue weighted by Gasteiger charge is 2.46. The van der Waals surface area contributed by atoms with Gasteiger partial charge in [-0.3, -0.25) is 4.79 Å². The first kappa shape index (κ1) is 13.9. The van der Waals surface area contributed by atoms with Gasteiger partial charge in [-0.25, -0.2) is 0 Å². The molecule has 0 saturated heterocycles. The molecule has 1 aliphatic carbocycles. The van der Waals surface area contributed by atoms with Crippen LogP contribution in [0.25, 0.3) is 0 Å². The Kier molecular flexibility index (Phi) is 3.83. The average Bonchev–Trinajstić information content (AvgIpc) is 2.32. The summed E-state index contributed by atoms with van der Waals surface area (Å²) in [6, 6.07) is 6.43. The fraction of sp³-hybridized carbons (Fsp3) is 0.562. The molecule has 0 bridgehead atoms. The van der Waals surface area contributed by atoms with Crippen LogP contribution < -0.4 is 4.90 Å². The fourth-order valence-electron chi connectivity index (χ4n) is 3.02. The topological polar surface area (TPSA) is 29.5 Å². The van der Waals surface area contributed by atoms with Crippen LogP contribution in [0.1, 0.15) is 30.4 Å². The van der Waals surface area contributed by atoms with Gasteiger partial charge in [0.25, 0.3) is 0 Å². The van der Waals surface area contributed by atoms with Gasteiger partial charge in [-0.2, -0.15) is 0 Å². The van der Waals surface area contributed by atoms with Crippen molar-refractivity contribution in [3.05, 3.63) is 29.3 Å². The van der Waals surface area contributed by atoms with Gasteiger partial charge < -0.3 is 9.64 Å². The van der Waals surface area contributed by atoms with E-state index in [1.807, 2.05) is 0 Å². The number of nitrogens with zero attached hydrogens (tertiary/aromatic N) is 1. The number of rotatable bonds is 4. The van der Waals surface area contributed by atoms with Crippen molar-refractivity contribution in [2.24, 2.45) is 5.41 Å². The number of carbonyl (C=O) groups is 1. The Bertz CT molecular complexity index is 478. The molecule has 0 amide bonds. The monoisotopic (exact) mass is 261 g/mol. The third-order valence-electron chi connectivity index (χ3n) is 4.23. The highest BCUT2D eigenvalue weighted by atomic mass is 16.5. The van der Waals surface area contributed by atoms with Gasteiger partial charge in [0.2, 0.25) is 0 Å². The van der Waals surface area contributed by atoms with Crippen LogP contribution in [-0.2, 0) is 9.53 Å². The summed E-state index contributed by atoms with van der Waals surface area (Å²) < 4.78 is 4.98. The van der Waals surface area contributed by atoms with Crippen molar-refractivity contribution in [2.45, 2.75) is 33.1 Å². The number of hydrogen-bond donors (Lipinski definition) is 0. The van der Waals surface area contributed by atoms with Crippen molar-refractivity contribution in [1.29, 1.82) is 0 Å².